The number of halogens is 2. The molecule has 172 valence electrons. The molecule has 0 aliphatic carbocycles. The van der Waals surface area contributed by atoms with E-state index in [1.165, 1.54) is 0 Å². The van der Waals surface area contributed by atoms with Gasteiger partial charge in [-0.05, 0) is 71.7 Å². The summed E-state index contributed by atoms with van der Waals surface area (Å²) in [6.45, 7) is 18.3. The average molecular weight is 589 g/mol. The lowest BCUT2D eigenvalue weighted by atomic mass is 10.2. The second-order valence-electron chi connectivity index (χ2n) is 10.5. The fourth-order valence-electron chi connectivity index (χ4n) is 2.80. The zero-order chi connectivity index (χ0) is 23.5. The van der Waals surface area contributed by atoms with Crippen molar-refractivity contribution in [2.24, 2.45) is 0 Å². The molecule has 0 heterocycles. The van der Waals surface area contributed by atoms with E-state index >= 15 is 0 Å². The van der Waals surface area contributed by atoms with Crippen LogP contribution in [0.2, 0.25) is 23.2 Å². The van der Waals surface area contributed by atoms with E-state index in [1.807, 2.05) is 48.5 Å². The van der Waals surface area contributed by atoms with Crippen LogP contribution in [0.4, 0.5) is 0 Å². The van der Waals surface area contributed by atoms with Gasteiger partial charge in [0.2, 0.25) is 16.6 Å². The second kappa shape index (κ2) is 10.1. The van der Waals surface area contributed by atoms with Crippen LogP contribution in [-0.4, -0.2) is 29.1 Å². The Morgan fingerprint density at radius 2 is 0.903 bits per heavy atom. The van der Waals surface area contributed by atoms with Gasteiger partial charge in [0, 0.05) is 8.95 Å². The van der Waals surface area contributed by atoms with Gasteiger partial charge in [-0.15, -0.1) is 0 Å². The van der Waals surface area contributed by atoms with Gasteiger partial charge in [-0.3, -0.25) is 0 Å². The van der Waals surface area contributed by atoms with Crippen molar-refractivity contribution in [3.8, 4) is 11.5 Å². The Hall–Kier alpha value is -0.606. The van der Waals surface area contributed by atoms with Gasteiger partial charge in [0.25, 0.3) is 0 Å². The molecule has 0 saturated carbocycles. The molecular formula is C24H36Br2O3Si2. The van der Waals surface area contributed by atoms with Crippen LogP contribution in [0, 0.1) is 0 Å². The van der Waals surface area contributed by atoms with Crippen molar-refractivity contribution < 1.29 is 13.6 Å². The van der Waals surface area contributed by atoms with Crippen molar-refractivity contribution >= 4 is 48.5 Å². The Kier molecular flexibility index (Phi) is 8.70. The van der Waals surface area contributed by atoms with Gasteiger partial charge in [0.15, 0.2) is 0 Å². The van der Waals surface area contributed by atoms with Crippen molar-refractivity contribution in [2.75, 3.05) is 12.5 Å². The second-order valence-corrected chi connectivity index (χ2v) is 21.7. The van der Waals surface area contributed by atoms with E-state index in [1.54, 1.807) is 0 Å². The lowest BCUT2D eigenvalue weighted by Gasteiger charge is -2.49. The predicted octanol–water partition coefficient (Wildman–Crippen LogP) is 8.52. The van der Waals surface area contributed by atoms with Crippen molar-refractivity contribution in [1.82, 2.24) is 0 Å². The first-order valence-corrected chi connectivity index (χ1v) is 17.4. The molecule has 2 rings (SSSR count). The first kappa shape index (κ1) is 26.6. The Morgan fingerprint density at radius 1 is 0.613 bits per heavy atom. The Morgan fingerprint density at radius 3 is 1.16 bits per heavy atom. The standard InChI is InChI=1S/C24H36Br2O3Si2/c1-23(2,3)30(7,17-27-21-13-9-19(25)10-14-21)29-31(8,24(4,5)6)18-28-22-15-11-20(26)12-16-22/h9-16H,17-18H2,1-8H3. The molecule has 0 radical (unpaired) electrons. The van der Waals surface area contributed by atoms with Crippen molar-refractivity contribution in [2.45, 2.75) is 64.7 Å². The molecule has 0 aliphatic rings. The van der Waals surface area contributed by atoms with Crippen LogP contribution >= 0.6 is 31.9 Å². The summed E-state index contributed by atoms with van der Waals surface area (Å²) in [4.78, 5) is 0. The summed E-state index contributed by atoms with van der Waals surface area (Å²) in [6.07, 6.45) is 1.21. The van der Waals surface area contributed by atoms with Crippen LogP contribution < -0.4 is 9.47 Å². The average Bonchev–Trinajstić information content (AvgIpc) is 2.65. The van der Waals surface area contributed by atoms with Gasteiger partial charge in [-0.25, -0.2) is 0 Å². The van der Waals surface area contributed by atoms with E-state index in [0.717, 1.165) is 20.4 Å². The van der Waals surface area contributed by atoms with Gasteiger partial charge in [-0.1, -0.05) is 73.4 Å². The third-order valence-corrected chi connectivity index (χ3v) is 18.7. The highest BCUT2D eigenvalue weighted by Crippen LogP contribution is 2.45. The van der Waals surface area contributed by atoms with E-state index in [9.17, 15) is 0 Å². The molecule has 0 aliphatic heterocycles. The number of hydrogen-bond donors (Lipinski definition) is 0. The van der Waals surface area contributed by atoms with Crippen LogP contribution in [0.15, 0.2) is 57.5 Å². The van der Waals surface area contributed by atoms with E-state index in [0.29, 0.717) is 12.5 Å². The molecule has 2 aromatic carbocycles. The van der Waals surface area contributed by atoms with Crippen molar-refractivity contribution in [3.63, 3.8) is 0 Å². The molecule has 2 aromatic rings. The van der Waals surface area contributed by atoms with Gasteiger partial charge in [0.1, 0.15) is 24.0 Å². The zero-order valence-corrected chi connectivity index (χ0v) is 25.2. The molecule has 0 aromatic heterocycles. The maximum absolute atomic E-state index is 7.25. The molecular weight excluding hydrogens is 552 g/mol. The van der Waals surface area contributed by atoms with Crippen LogP contribution in [0.3, 0.4) is 0 Å². The lowest BCUT2D eigenvalue weighted by molar-refractivity contribution is 0.300. The molecule has 0 N–H and O–H groups in total. The first-order valence-electron chi connectivity index (χ1n) is 10.6. The highest BCUT2D eigenvalue weighted by Gasteiger charge is 2.53. The smallest absolute Gasteiger partial charge is 0.221 e. The highest BCUT2D eigenvalue weighted by molar-refractivity contribution is 9.10. The van der Waals surface area contributed by atoms with Crippen LogP contribution in [0.1, 0.15) is 41.5 Å². The number of ether oxygens (including phenoxy) is 2. The summed E-state index contributed by atoms with van der Waals surface area (Å²) >= 11 is 6.97. The Labute approximate surface area is 207 Å². The minimum Gasteiger partial charge on any atom is -0.494 e. The summed E-state index contributed by atoms with van der Waals surface area (Å²) < 4.78 is 21.9. The van der Waals surface area contributed by atoms with Crippen molar-refractivity contribution in [1.29, 1.82) is 0 Å². The van der Waals surface area contributed by atoms with Gasteiger partial charge in [0.05, 0.1) is 0 Å². The summed E-state index contributed by atoms with van der Waals surface area (Å²) in [5.41, 5.74) is 0. The molecule has 2 unspecified atom stereocenters. The van der Waals surface area contributed by atoms with Crippen LogP contribution in [-0.2, 0) is 4.12 Å². The van der Waals surface area contributed by atoms with Crippen molar-refractivity contribution in [3.05, 3.63) is 57.5 Å². The van der Waals surface area contributed by atoms with E-state index in [-0.39, 0.29) is 10.1 Å². The number of rotatable bonds is 8. The number of benzene rings is 2. The molecule has 3 nitrogen and oxygen atoms in total. The molecule has 0 saturated heterocycles. The summed E-state index contributed by atoms with van der Waals surface area (Å²) in [5.74, 6) is 1.75. The van der Waals surface area contributed by atoms with E-state index in [2.05, 4.69) is 86.5 Å². The normalized spacial score (nSPS) is 16.3. The first-order chi connectivity index (χ1) is 14.2. The van der Waals surface area contributed by atoms with Crippen LogP contribution in [0.5, 0.6) is 11.5 Å². The summed E-state index contributed by atoms with van der Waals surface area (Å²) in [5, 5.41) is 0.0268. The molecule has 0 amide bonds. The van der Waals surface area contributed by atoms with Gasteiger partial charge in [-0.2, -0.15) is 0 Å². The fourth-order valence-corrected chi connectivity index (χ4v) is 12.0. The maximum atomic E-state index is 7.25. The summed E-state index contributed by atoms with van der Waals surface area (Å²) in [6, 6.07) is 16.0. The predicted molar refractivity (Wildman–Crippen MR) is 143 cm³/mol. The van der Waals surface area contributed by atoms with E-state index < -0.39 is 16.6 Å². The summed E-state index contributed by atoms with van der Waals surface area (Å²) in [7, 11) is -4.60. The van der Waals surface area contributed by atoms with Gasteiger partial charge >= 0.3 is 0 Å². The fraction of sp³-hybridized carbons (Fsp3) is 0.500. The lowest BCUT2D eigenvalue weighted by Crippen LogP contribution is -2.62. The molecule has 31 heavy (non-hydrogen) atoms. The Bertz CT molecular complexity index is 774. The Balaban J connectivity index is 2.25. The van der Waals surface area contributed by atoms with Crippen LogP contribution in [0.25, 0.3) is 0 Å². The number of hydrogen-bond acceptors (Lipinski definition) is 3. The highest BCUT2D eigenvalue weighted by atomic mass is 79.9. The van der Waals surface area contributed by atoms with Gasteiger partial charge < -0.3 is 13.6 Å². The largest absolute Gasteiger partial charge is 0.494 e. The quantitative estimate of drug-likeness (QED) is 0.290. The molecule has 0 fully saturated rings. The minimum atomic E-state index is -2.30. The molecule has 0 bridgehead atoms. The SMILES string of the molecule is CC(C)(C)[Si](C)(COc1ccc(Br)cc1)O[Si](C)(COc1ccc(Br)cc1)C(C)(C)C. The maximum Gasteiger partial charge on any atom is 0.221 e. The van der Waals surface area contributed by atoms with E-state index in [4.69, 9.17) is 13.6 Å². The third kappa shape index (κ3) is 7.19. The molecule has 2 atom stereocenters. The minimum absolute atomic E-state index is 0.0134. The third-order valence-electron chi connectivity index (χ3n) is 6.28. The zero-order valence-electron chi connectivity index (χ0n) is 20.0. The topological polar surface area (TPSA) is 27.7 Å². The monoisotopic (exact) mass is 586 g/mol. The molecule has 0 spiro atoms. The molecule has 7 heteroatoms.